The zero-order chi connectivity index (χ0) is 22.6. The van der Waals surface area contributed by atoms with Crippen molar-refractivity contribution in [1.82, 2.24) is 15.4 Å². The number of amidine groups is 1. The zero-order valence-electron chi connectivity index (χ0n) is 19.5. The van der Waals surface area contributed by atoms with Gasteiger partial charge in [-0.3, -0.25) is 10.3 Å². The summed E-state index contributed by atoms with van der Waals surface area (Å²) in [6.07, 6.45) is 5.17. The Morgan fingerprint density at radius 1 is 0.879 bits per heavy atom. The van der Waals surface area contributed by atoms with E-state index in [4.69, 9.17) is 14.8 Å². The summed E-state index contributed by atoms with van der Waals surface area (Å²) in [6, 6.07) is 17.2. The smallest absolute Gasteiger partial charge is 0.166 e. The molecular formula is C27H31N5O. The van der Waals surface area contributed by atoms with E-state index in [1.807, 2.05) is 0 Å². The van der Waals surface area contributed by atoms with Crippen LogP contribution in [0, 0.1) is 13.8 Å². The van der Waals surface area contributed by atoms with Gasteiger partial charge in [0.1, 0.15) is 5.84 Å². The van der Waals surface area contributed by atoms with Crippen LogP contribution in [-0.4, -0.2) is 35.6 Å². The van der Waals surface area contributed by atoms with E-state index >= 15 is 0 Å². The Hall–Kier alpha value is -3.25. The standard InChI is InChI=1S/C27H31N5O/c1-19-8-12-21(13-9-19)25-26(22-14-10-20(2)11-15-22)30-27-23(29-25)6-5-17-32(27)16-4-3-7-24-28-18-33-31-24/h8-15H,3-7,16-18H2,1-2H3,(H,28,31). The van der Waals surface area contributed by atoms with Gasteiger partial charge in [0.05, 0.1) is 17.1 Å². The number of rotatable bonds is 7. The van der Waals surface area contributed by atoms with E-state index in [1.165, 1.54) is 11.1 Å². The normalized spacial score (nSPS) is 15.2. The third-order valence-corrected chi connectivity index (χ3v) is 6.34. The second kappa shape index (κ2) is 9.71. The number of aromatic nitrogens is 2. The highest BCUT2D eigenvalue weighted by molar-refractivity contribution is 5.82. The van der Waals surface area contributed by atoms with Crippen LogP contribution < -0.4 is 10.4 Å². The molecule has 3 heterocycles. The predicted octanol–water partition coefficient (Wildman–Crippen LogP) is 5.24. The first-order valence-corrected chi connectivity index (χ1v) is 11.9. The number of hydrogen-bond donors (Lipinski definition) is 1. The molecule has 0 atom stereocenters. The fraction of sp³-hybridized carbons (Fsp3) is 0.370. The van der Waals surface area contributed by atoms with Gasteiger partial charge in [0, 0.05) is 30.6 Å². The van der Waals surface area contributed by atoms with Gasteiger partial charge in [0.25, 0.3) is 0 Å². The van der Waals surface area contributed by atoms with Gasteiger partial charge in [0.2, 0.25) is 0 Å². The number of fused-ring (bicyclic) bond motifs is 1. The Bertz CT molecular complexity index is 1140. The summed E-state index contributed by atoms with van der Waals surface area (Å²) < 4.78 is 0. The lowest BCUT2D eigenvalue weighted by Gasteiger charge is -2.30. The highest BCUT2D eigenvalue weighted by atomic mass is 16.7. The van der Waals surface area contributed by atoms with Gasteiger partial charge in [-0.15, -0.1) is 0 Å². The maximum absolute atomic E-state index is 5.26. The molecule has 2 aliphatic rings. The van der Waals surface area contributed by atoms with E-state index in [-0.39, 0.29) is 0 Å². The van der Waals surface area contributed by atoms with E-state index < -0.39 is 0 Å². The van der Waals surface area contributed by atoms with E-state index in [1.54, 1.807) is 0 Å². The summed E-state index contributed by atoms with van der Waals surface area (Å²) in [6.45, 7) is 6.66. The zero-order valence-corrected chi connectivity index (χ0v) is 19.5. The number of anilines is 1. The van der Waals surface area contributed by atoms with Crippen LogP contribution in [0.4, 0.5) is 5.82 Å². The molecule has 0 bridgehead atoms. The molecule has 0 amide bonds. The predicted molar refractivity (Wildman–Crippen MR) is 133 cm³/mol. The molecule has 2 aromatic carbocycles. The minimum absolute atomic E-state index is 0.426. The van der Waals surface area contributed by atoms with Gasteiger partial charge in [-0.25, -0.2) is 15.0 Å². The summed E-state index contributed by atoms with van der Waals surface area (Å²) in [5.74, 6) is 2.01. The van der Waals surface area contributed by atoms with E-state index in [2.05, 4.69) is 77.8 Å². The molecule has 0 fully saturated rings. The minimum atomic E-state index is 0.426. The molecule has 0 saturated heterocycles. The van der Waals surface area contributed by atoms with Crippen LogP contribution in [0.3, 0.4) is 0 Å². The minimum Gasteiger partial charge on any atom is -0.355 e. The van der Waals surface area contributed by atoms with Crippen molar-refractivity contribution in [3.8, 4) is 22.5 Å². The van der Waals surface area contributed by atoms with Crippen LogP contribution in [0.2, 0.25) is 0 Å². The number of nitrogens with zero attached hydrogens (tertiary/aromatic N) is 4. The van der Waals surface area contributed by atoms with Crippen LogP contribution in [0.25, 0.3) is 22.5 Å². The van der Waals surface area contributed by atoms with Gasteiger partial charge in [0.15, 0.2) is 12.5 Å². The maximum atomic E-state index is 5.26. The maximum Gasteiger partial charge on any atom is 0.166 e. The van der Waals surface area contributed by atoms with Crippen molar-refractivity contribution < 1.29 is 4.84 Å². The highest BCUT2D eigenvalue weighted by Gasteiger charge is 2.23. The molecule has 1 N–H and O–H groups in total. The third-order valence-electron chi connectivity index (χ3n) is 6.34. The molecule has 1 aromatic heterocycles. The van der Waals surface area contributed by atoms with Crippen molar-refractivity contribution >= 4 is 11.7 Å². The Kier molecular flexibility index (Phi) is 6.35. The Labute approximate surface area is 195 Å². The quantitative estimate of drug-likeness (QED) is 0.508. The van der Waals surface area contributed by atoms with Crippen LogP contribution in [0.15, 0.2) is 53.5 Å². The summed E-state index contributed by atoms with van der Waals surface area (Å²) in [5.41, 5.74) is 10.7. The lowest BCUT2D eigenvalue weighted by Crippen LogP contribution is -2.32. The number of hydrogen-bond acceptors (Lipinski definition) is 6. The molecule has 6 heteroatoms. The van der Waals surface area contributed by atoms with Gasteiger partial charge >= 0.3 is 0 Å². The number of hydroxylamine groups is 1. The summed E-state index contributed by atoms with van der Waals surface area (Å²) in [7, 11) is 0. The number of unbranched alkanes of at least 4 members (excludes halogenated alkanes) is 1. The summed E-state index contributed by atoms with van der Waals surface area (Å²) in [4.78, 5) is 22.3. The fourth-order valence-corrected chi connectivity index (χ4v) is 4.45. The van der Waals surface area contributed by atoms with Crippen molar-refractivity contribution in [1.29, 1.82) is 0 Å². The van der Waals surface area contributed by atoms with Crippen molar-refractivity contribution in [2.75, 3.05) is 24.7 Å². The number of benzene rings is 2. The highest BCUT2D eigenvalue weighted by Crippen LogP contribution is 2.35. The van der Waals surface area contributed by atoms with E-state index in [0.29, 0.717) is 6.73 Å². The Balaban J connectivity index is 1.45. The molecule has 6 nitrogen and oxygen atoms in total. The lowest BCUT2D eigenvalue weighted by atomic mass is 10.0. The van der Waals surface area contributed by atoms with Gasteiger partial charge in [-0.2, -0.15) is 0 Å². The molecule has 0 aliphatic carbocycles. The summed E-state index contributed by atoms with van der Waals surface area (Å²) >= 11 is 0. The molecule has 0 spiro atoms. The van der Waals surface area contributed by atoms with Crippen molar-refractivity contribution in [2.24, 2.45) is 4.99 Å². The summed E-state index contributed by atoms with van der Waals surface area (Å²) in [5, 5.41) is 0. The monoisotopic (exact) mass is 441 g/mol. The van der Waals surface area contributed by atoms with E-state index in [9.17, 15) is 0 Å². The second-order valence-electron chi connectivity index (χ2n) is 8.95. The van der Waals surface area contributed by atoms with E-state index in [0.717, 1.165) is 85.1 Å². The molecular weight excluding hydrogens is 410 g/mol. The third kappa shape index (κ3) is 4.91. The van der Waals surface area contributed by atoms with Crippen LogP contribution in [0.1, 0.15) is 42.5 Å². The molecule has 170 valence electrons. The van der Waals surface area contributed by atoms with Crippen molar-refractivity contribution in [2.45, 2.75) is 46.0 Å². The first-order valence-electron chi connectivity index (χ1n) is 11.9. The first-order chi connectivity index (χ1) is 16.2. The molecule has 0 unspecified atom stereocenters. The van der Waals surface area contributed by atoms with Crippen molar-refractivity contribution in [3.63, 3.8) is 0 Å². The van der Waals surface area contributed by atoms with Crippen LogP contribution in [0.5, 0.6) is 0 Å². The van der Waals surface area contributed by atoms with Gasteiger partial charge in [-0.05, 0) is 39.5 Å². The number of nitrogens with one attached hydrogen (secondary N) is 1. The molecule has 3 aromatic rings. The SMILES string of the molecule is Cc1ccc(-c2nc3c(nc2-c2ccc(C)cc2)N(CCCCC2=NCON2)CCC3)cc1. The average molecular weight is 442 g/mol. The topological polar surface area (TPSA) is 62.6 Å². The number of aryl methyl sites for hydroxylation is 3. The Morgan fingerprint density at radius 3 is 2.18 bits per heavy atom. The van der Waals surface area contributed by atoms with Crippen LogP contribution in [-0.2, 0) is 11.3 Å². The van der Waals surface area contributed by atoms with Gasteiger partial charge in [-0.1, -0.05) is 59.7 Å². The second-order valence-corrected chi connectivity index (χ2v) is 8.95. The van der Waals surface area contributed by atoms with Gasteiger partial charge < -0.3 is 4.90 Å². The lowest BCUT2D eigenvalue weighted by molar-refractivity contribution is 0.114. The molecule has 33 heavy (non-hydrogen) atoms. The molecule has 0 saturated carbocycles. The molecule has 5 rings (SSSR count). The Morgan fingerprint density at radius 2 is 1.55 bits per heavy atom. The first kappa shape index (κ1) is 21.6. The largest absolute Gasteiger partial charge is 0.355 e. The van der Waals surface area contributed by atoms with Crippen LogP contribution >= 0.6 is 0 Å². The van der Waals surface area contributed by atoms with Crippen molar-refractivity contribution in [3.05, 3.63) is 65.4 Å². The average Bonchev–Trinajstić information content (AvgIpc) is 3.36. The molecule has 0 radical (unpaired) electrons. The fourth-order valence-electron chi connectivity index (χ4n) is 4.45. The molecule has 2 aliphatic heterocycles. The number of aliphatic imine (C=N–C) groups is 1.